The first-order valence-corrected chi connectivity index (χ1v) is 11.0. The van der Waals surface area contributed by atoms with Gasteiger partial charge in [-0.15, -0.1) is 10.3 Å². The molecule has 0 spiro atoms. The maximum Gasteiger partial charge on any atom is 0.276 e. The van der Waals surface area contributed by atoms with Crippen LogP contribution in [0, 0.1) is 0 Å². The molecule has 0 amide bonds. The van der Waals surface area contributed by atoms with Crippen molar-refractivity contribution in [3.05, 3.63) is 0 Å². The zero-order valence-electron chi connectivity index (χ0n) is 11.0. The van der Waals surface area contributed by atoms with Gasteiger partial charge in [-0.3, -0.25) is 4.79 Å². The molecule has 7 heteroatoms. The molecule has 0 aromatic rings. The van der Waals surface area contributed by atoms with Crippen molar-refractivity contribution in [2.45, 2.75) is 26.7 Å². The molecule has 4 nitrogen and oxygen atoms in total. The van der Waals surface area contributed by atoms with Crippen LogP contribution in [0.4, 0.5) is 0 Å². The molecule has 1 saturated heterocycles. The summed E-state index contributed by atoms with van der Waals surface area (Å²) in [4.78, 5) is 11.4. The summed E-state index contributed by atoms with van der Waals surface area (Å²) >= 11 is 1.80. The quantitative estimate of drug-likeness (QED) is 0.721. The fourth-order valence-corrected chi connectivity index (χ4v) is 10.0. The predicted molar refractivity (Wildman–Crippen MR) is 80.0 cm³/mol. The fraction of sp³-hybridized carbons (Fsp3) is 0.909. The van der Waals surface area contributed by atoms with Gasteiger partial charge in [0.15, 0.2) is 0 Å². The molecule has 0 atom stereocenters. The maximum absolute atomic E-state index is 11.9. The Morgan fingerprint density at radius 1 is 1.33 bits per heavy atom. The van der Waals surface area contributed by atoms with Gasteiger partial charge >= 0.3 is 0 Å². The van der Waals surface area contributed by atoms with Gasteiger partial charge in [-0.25, -0.2) is 3.63 Å². The van der Waals surface area contributed by atoms with E-state index in [1.807, 2.05) is 6.92 Å². The molecule has 1 rings (SSSR count). The smallest absolute Gasteiger partial charge is 0.276 e. The topological polar surface area (TPSA) is 60.4 Å². The molecule has 0 N–H and O–H groups in total. The second-order valence-electron chi connectivity index (χ2n) is 4.52. The third kappa shape index (κ3) is 5.50. The summed E-state index contributed by atoms with van der Waals surface area (Å²) in [6.07, 6.45) is 1.44. The van der Waals surface area contributed by atoms with E-state index in [1.165, 1.54) is 6.92 Å². The Labute approximate surface area is 116 Å². The first-order chi connectivity index (χ1) is 8.39. The monoisotopic (exact) mass is 314 g/mol. The lowest BCUT2D eigenvalue weighted by molar-refractivity contribution is -0.114. The van der Waals surface area contributed by atoms with Gasteiger partial charge in [0.1, 0.15) is 5.78 Å². The molecular weight excluding hydrogens is 292 g/mol. The number of thioether (sulfide) groups is 1. The largest absolute Gasteiger partial charge is 0.299 e. The van der Waals surface area contributed by atoms with E-state index < -0.39 is 20.4 Å². The van der Waals surface area contributed by atoms with Crippen LogP contribution >= 0.6 is 22.1 Å². The minimum absolute atomic E-state index is 0.0302. The van der Waals surface area contributed by atoms with Crippen LogP contribution in [0.3, 0.4) is 0 Å². The van der Waals surface area contributed by atoms with Crippen LogP contribution in [-0.2, 0) is 18.5 Å². The molecule has 0 aliphatic carbocycles. The third-order valence-corrected chi connectivity index (χ3v) is 9.77. The Kier molecular flexibility index (Phi) is 6.50. The highest BCUT2D eigenvalue weighted by Crippen LogP contribution is 2.53. The number of hydrogen-bond donors (Lipinski definition) is 0. The number of Topliss-reactive ketones (excluding diaryl/α,β-unsaturated/α-hetero) is 1. The predicted octanol–water partition coefficient (Wildman–Crippen LogP) is 2.19. The van der Waals surface area contributed by atoms with E-state index >= 15 is 0 Å². The summed E-state index contributed by atoms with van der Waals surface area (Å²) < 4.78 is 29.4. The molecule has 0 aromatic heterocycles. The van der Waals surface area contributed by atoms with Gasteiger partial charge in [0.2, 0.25) is 0 Å². The summed E-state index contributed by atoms with van der Waals surface area (Å²) in [5, 5.41) is 0. The minimum atomic E-state index is -3.47. The number of carbonyl (C=O) groups is 1. The van der Waals surface area contributed by atoms with E-state index in [9.17, 15) is 13.2 Å². The highest BCUT2D eigenvalue weighted by molar-refractivity contribution is 8.34. The Hall–Kier alpha value is 0.280. The van der Waals surface area contributed by atoms with E-state index in [4.69, 9.17) is 3.63 Å². The highest BCUT2D eigenvalue weighted by atomic mass is 32.3. The molecule has 108 valence electrons. The lowest BCUT2D eigenvalue weighted by Crippen LogP contribution is -2.29. The van der Waals surface area contributed by atoms with Gasteiger partial charge in [0.05, 0.1) is 11.5 Å². The second-order valence-corrected chi connectivity index (χ2v) is 10.8. The van der Waals surface area contributed by atoms with Crippen LogP contribution in [-0.4, -0.2) is 48.7 Å². The van der Waals surface area contributed by atoms with E-state index in [-0.39, 0.29) is 11.5 Å². The van der Waals surface area contributed by atoms with Crippen molar-refractivity contribution < 1.29 is 16.8 Å². The third-order valence-electron chi connectivity index (χ3n) is 2.66. The molecule has 0 unspecified atom stereocenters. The molecule has 18 heavy (non-hydrogen) atoms. The van der Waals surface area contributed by atoms with Gasteiger partial charge in [0, 0.05) is 23.0 Å². The summed E-state index contributed by atoms with van der Waals surface area (Å²) in [6.45, 7) is 3.46. The van der Waals surface area contributed by atoms with E-state index in [2.05, 4.69) is 0 Å². The summed E-state index contributed by atoms with van der Waals surface area (Å²) in [7, 11) is -5.22. The molecule has 1 aliphatic rings. The van der Waals surface area contributed by atoms with Gasteiger partial charge in [0.25, 0.3) is 10.1 Å². The molecule has 0 radical (unpaired) electrons. The summed E-state index contributed by atoms with van der Waals surface area (Å²) in [6, 6.07) is 0. The van der Waals surface area contributed by atoms with Crippen molar-refractivity contribution in [3.8, 4) is 0 Å². The lowest BCUT2D eigenvalue weighted by Gasteiger charge is -2.40. The van der Waals surface area contributed by atoms with Gasteiger partial charge < -0.3 is 0 Å². The van der Waals surface area contributed by atoms with Crippen LogP contribution in [0.2, 0.25) is 0 Å². The van der Waals surface area contributed by atoms with Crippen LogP contribution in [0.5, 0.6) is 0 Å². The van der Waals surface area contributed by atoms with Crippen molar-refractivity contribution in [2.24, 2.45) is 0 Å². The van der Waals surface area contributed by atoms with Gasteiger partial charge in [-0.2, -0.15) is 20.2 Å². The number of unbranched alkanes of at least 4 members (excludes halogenated alkanes) is 1. The average Bonchev–Trinajstić information content (AvgIpc) is 2.25. The number of ketones is 1. The molecular formula is C11H22O4S3. The first-order valence-electron chi connectivity index (χ1n) is 6.16. The molecule has 0 bridgehead atoms. The normalized spacial score (nSPS) is 21.4. The molecule has 1 heterocycles. The first kappa shape index (κ1) is 16.3. The number of carbonyl (C=O) groups excluding carboxylic acids is 1. The molecule has 1 aliphatic heterocycles. The van der Waals surface area contributed by atoms with E-state index in [1.54, 1.807) is 11.8 Å². The summed E-state index contributed by atoms with van der Waals surface area (Å²) in [5.74, 6) is 3.63. The van der Waals surface area contributed by atoms with Crippen molar-refractivity contribution in [3.63, 3.8) is 0 Å². The maximum atomic E-state index is 11.9. The van der Waals surface area contributed by atoms with Gasteiger partial charge in [-0.05, 0) is 13.3 Å². The van der Waals surface area contributed by atoms with Crippen LogP contribution in [0.25, 0.3) is 0 Å². The Bertz CT molecular complexity index is 372. The molecule has 0 saturated carbocycles. The highest BCUT2D eigenvalue weighted by Gasteiger charge is 2.34. The Morgan fingerprint density at radius 3 is 2.44 bits per heavy atom. The van der Waals surface area contributed by atoms with Crippen molar-refractivity contribution in [2.75, 3.05) is 34.5 Å². The molecule has 0 aromatic carbocycles. The van der Waals surface area contributed by atoms with Crippen molar-refractivity contribution in [1.29, 1.82) is 0 Å². The number of hydrogen-bond acceptors (Lipinski definition) is 5. The zero-order chi connectivity index (χ0) is 13.6. The van der Waals surface area contributed by atoms with E-state index in [0.717, 1.165) is 29.4 Å². The van der Waals surface area contributed by atoms with Crippen LogP contribution in [0.1, 0.15) is 26.7 Å². The minimum Gasteiger partial charge on any atom is -0.299 e. The second kappa shape index (κ2) is 7.17. The SMILES string of the molecule is CCCCS(=O)(=O)OS1(CC(C)=O)CCSCC1. The molecule has 1 fully saturated rings. The average molecular weight is 314 g/mol. The Balaban J connectivity index is 2.74. The standard InChI is InChI=1S/C11H22O4S3/c1-3-4-7-18(13,14)15-17(10-11(2)12)8-5-16-6-9-17/h3-10H2,1-2H3. The zero-order valence-corrected chi connectivity index (χ0v) is 13.5. The van der Waals surface area contributed by atoms with Crippen molar-refractivity contribution >= 4 is 38.0 Å². The van der Waals surface area contributed by atoms with Crippen molar-refractivity contribution in [1.82, 2.24) is 0 Å². The number of rotatable bonds is 7. The summed E-state index contributed by atoms with van der Waals surface area (Å²) in [5.41, 5.74) is 0. The Morgan fingerprint density at radius 2 is 1.94 bits per heavy atom. The van der Waals surface area contributed by atoms with Crippen LogP contribution in [0.15, 0.2) is 0 Å². The lowest BCUT2D eigenvalue weighted by atomic mass is 10.4. The van der Waals surface area contributed by atoms with Crippen LogP contribution < -0.4 is 0 Å². The van der Waals surface area contributed by atoms with E-state index in [0.29, 0.717) is 12.2 Å². The van der Waals surface area contributed by atoms with Gasteiger partial charge in [-0.1, -0.05) is 13.3 Å². The fourth-order valence-electron chi connectivity index (χ4n) is 1.81.